The smallest absolute Gasteiger partial charge is 0.0625 e. The summed E-state index contributed by atoms with van der Waals surface area (Å²) in [5.74, 6) is 0. The second-order valence-electron chi connectivity index (χ2n) is 2.45. The third-order valence-corrected chi connectivity index (χ3v) is 1.77. The Labute approximate surface area is 65.4 Å². The van der Waals surface area contributed by atoms with E-state index in [4.69, 9.17) is 0 Å². The molecule has 0 aliphatic carbocycles. The van der Waals surface area contributed by atoms with Crippen LogP contribution in [0.2, 0.25) is 0 Å². The molecule has 0 aliphatic heterocycles. The average molecular weight is 150 g/mol. The molecule has 1 aromatic rings. The normalized spacial score (nSPS) is 9.27. The topological polar surface area (TPSA) is 41.5 Å². The molecule has 1 N–H and O–H groups in total. The van der Waals surface area contributed by atoms with E-state index in [-0.39, 0.29) is 0 Å². The summed E-state index contributed by atoms with van der Waals surface area (Å²) in [6.07, 6.45) is 0. The number of rotatable bonds is 2. The molecule has 1 aromatic carbocycles. The van der Waals surface area contributed by atoms with Gasteiger partial charge in [-0.3, -0.25) is 0 Å². The van der Waals surface area contributed by atoms with E-state index in [0.717, 1.165) is 16.8 Å². The van der Waals surface area contributed by atoms with Gasteiger partial charge in [0.15, 0.2) is 0 Å². The summed E-state index contributed by atoms with van der Waals surface area (Å²) >= 11 is 0. The van der Waals surface area contributed by atoms with E-state index in [9.17, 15) is 4.91 Å². The highest BCUT2D eigenvalue weighted by Crippen LogP contribution is 2.17. The van der Waals surface area contributed by atoms with E-state index < -0.39 is 0 Å². The zero-order valence-corrected chi connectivity index (χ0v) is 6.59. The number of benzene rings is 1. The summed E-state index contributed by atoms with van der Waals surface area (Å²) in [7, 11) is 0. The second kappa shape index (κ2) is 3.14. The standard InChI is InChI=1S/C8H10N2O/c1-6-4-3-5-8(7(6)2)9-10-11/h3-5H,1-2H3,(H,9,11). The lowest BCUT2D eigenvalue weighted by atomic mass is 10.1. The van der Waals surface area contributed by atoms with Crippen LogP contribution in [0.5, 0.6) is 0 Å². The summed E-state index contributed by atoms with van der Waals surface area (Å²) < 4.78 is 0. The zero-order valence-electron chi connectivity index (χ0n) is 6.59. The van der Waals surface area contributed by atoms with E-state index in [1.807, 2.05) is 32.0 Å². The molecular formula is C8H10N2O. The number of nitrogens with zero attached hydrogens (tertiary/aromatic N) is 1. The third kappa shape index (κ3) is 1.55. The predicted molar refractivity (Wildman–Crippen MR) is 45.3 cm³/mol. The molecule has 0 heterocycles. The van der Waals surface area contributed by atoms with Crippen molar-refractivity contribution < 1.29 is 0 Å². The van der Waals surface area contributed by atoms with Gasteiger partial charge in [0.05, 0.1) is 11.0 Å². The lowest BCUT2D eigenvalue weighted by Crippen LogP contribution is -1.91. The van der Waals surface area contributed by atoms with Crippen LogP contribution in [0.1, 0.15) is 11.1 Å². The molecule has 11 heavy (non-hydrogen) atoms. The van der Waals surface area contributed by atoms with E-state index in [1.165, 1.54) is 0 Å². The van der Waals surface area contributed by atoms with Crippen LogP contribution in [0.15, 0.2) is 23.5 Å². The first kappa shape index (κ1) is 7.72. The van der Waals surface area contributed by atoms with Crippen LogP contribution in [-0.2, 0) is 0 Å². The average Bonchev–Trinajstić information content (AvgIpc) is 1.99. The first-order valence-corrected chi connectivity index (χ1v) is 3.40. The molecule has 0 spiro atoms. The van der Waals surface area contributed by atoms with Gasteiger partial charge in [-0.15, -0.1) is 4.91 Å². The molecule has 3 heteroatoms. The van der Waals surface area contributed by atoms with Crippen molar-refractivity contribution in [2.75, 3.05) is 5.43 Å². The van der Waals surface area contributed by atoms with Crippen LogP contribution < -0.4 is 5.43 Å². The van der Waals surface area contributed by atoms with Crippen LogP contribution >= 0.6 is 0 Å². The highest BCUT2D eigenvalue weighted by Gasteiger charge is 1.97. The van der Waals surface area contributed by atoms with Crippen molar-refractivity contribution in [2.24, 2.45) is 5.29 Å². The van der Waals surface area contributed by atoms with Crippen LogP contribution in [-0.4, -0.2) is 0 Å². The van der Waals surface area contributed by atoms with Gasteiger partial charge in [-0.2, -0.15) is 0 Å². The van der Waals surface area contributed by atoms with E-state index in [2.05, 4.69) is 10.7 Å². The van der Waals surface area contributed by atoms with Crippen molar-refractivity contribution in [3.8, 4) is 0 Å². The number of aryl methyl sites for hydroxylation is 1. The fraction of sp³-hybridized carbons (Fsp3) is 0.250. The van der Waals surface area contributed by atoms with Crippen LogP contribution in [0, 0.1) is 18.8 Å². The summed E-state index contributed by atoms with van der Waals surface area (Å²) in [6, 6.07) is 5.70. The van der Waals surface area contributed by atoms with Gasteiger partial charge < -0.3 is 0 Å². The van der Waals surface area contributed by atoms with Crippen molar-refractivity contribution >= 4 is 5.69 Å². The second-order valence-corrected chi connectivity index (χ2v) is 2.45. The molecule has 3 nitrogen and oxygen atoms in total. The maximum absolute atomic E-state index is 9.88. The van der Waals surface area contributed by atoms with Crippen LogP contribution in [0.3, 0.4) is 0 Å². The van der Waals surface area contributed by atoms with Crippen molar-refractivity contribution in [3.63, 3.8) is 0 Å². The molecule has 0 aliphatic rings. The lowest BCUT2D eigenvalue weighted by Gasteiger charge is -2.04. The molecule has 0 radical (unpaired) electrons. The molecule has 0 aromatic heterocycles. The van der Waals surface area contributed by atoms with E-state index >= 15 is 0 Å². The summed E-state index contributed by atoms with van der Waals surface area (Å²) in [6.45, 7) is 3.94. The molecule has 0 fully saturated rings. The number of nitroso groups, excluding NO2 is 1. The van der Waals surface area contributed by atoms with Gasteiger partial charge in [-0.1, -0.05) is 12.1 Å². The van der Waals surface area contributed by atoms with Gasteiger partial charge in [-0.25, -0.2) is 5.43 Å². The van der Waals surface area contributed by atoms with Gasteiger partial charge in [0.25, 0.3) is 0 Å². The summed E-state index contributed by atoms with van der Waals surface area (Å²) in [4.78, 5) is 9.88. The SMILES string of the molecule is Cc1cccc(NN=O)c1C. The molecule has 0 bridgehead atoms. The highest BCUT2D eigenvalue weighted by molar-refractivity contribution is 5.52. The fourth-order valence-electron chi connectivity index (χ4n) is 0.921. The summed E-state index contributed by atoms with van der Waals surface area (Å²) in [5, 5.41) is 2.61. The highest BCUT2D eigenvalue weighted by atomic mass is 16.3. The predicted octanol–water partition coefficient (Wildman–Crippen LogP) is 2.40. The largest absolute Gasteiger partial charge is 0.242 e. The Bertz CT molecular complexity index is 271. The quantitative estimate of drug-likeness (QED) is 0.519. The van der Waals surface area contributed by atoms with Crippen LogP contribution in [0.25, 0.3) is 0 Å². The van der Waals surface area contributed by atoms with Gasteiger partial charge in [0, 0.05) is 0 Å². The van der Waals surface area contributed by atoms with E-state index in [1.54, 1.807) is 0 Å². The first-order chi connectivity index (χ1) is 5.25. The molecule has 0 saturated carbocycles. The minimum atomic E-state index is 0.778. The Morgan fingerprint density at radius 3 is 2.73 bits per heavy atom. The Morgan fingerprint density at radius 2 is 2.09 bits per heavy atom. The number of nitrogens with one attached hydrogen (secondary N) is 1. The Morgan fingerprint density at radius 1 is 1.36 bits per heavy atom. The molecule has 0 atom stereocenters. The van der Waals surface area contributed by atoms with Crippen molar-refractivity contribution in [3.05, 3.63) is 34.2 Å². The fourth-order valence-corrected chi connectivity index (χ4v) is 0.921. The Hall–Kier alpha value is -1.38. The third-order valence-electron chi connectivity index (χ3n) is 1.77. The zero-order chi connectivity index (χ0) is 8.27. The molecule has 0 saturated heterocycles. The van der Waals surface area contributed by atoms with Gasteiger partial charge >= 0.3 is 0 Å². The summed E-state index contributed by atoms with van der Waals surface area (Å²) in [5.41, 5.74) is 5.38. The van der Waals surface area contributed by atoms with Crippen molar-refractivity contribution in [1.82, 2.24) is 0 Å². The van der Waals surface area contributed by atoms with E-state index in [0.29, 0.717) is 0 Å². The van der Waals surface area contributed by atoms with Gasteiger partial charge in [-0.05, 0) is 31.0 Å². The molecular weight excluding hydrogens is 140 g/mol. The Kier molecular flexibility index (Phi) is 2.21. The maximum atomic E-state index is 9.88. The van der Waals surface area contributed by atoms with Gasteiger partial charge in [0.1, 0.15) is 0 Å². The Balaban J connectivity index is 3.05. The number of anilines is 1. The maximum Gasteiger partial charge on any atom is 0.0625 e. The van der Waals surface area contributed by atoms with Crippen LogP contribution in [0.4, 0.5) is 5.69 Å². The minimum absolute atomic E-state index is 0.778. The molecule has 0 amide bonds. The van der Waals surface area contributed by atoms with Gasteiger partial charge in [0.2, 0.25) is 0 Å². The number of hydrogen-bond donors (Lipinski definition) is 1. The number of hydrogen-bond acceptors (Lipinski definition) is 2. The monoisotopic (exact) mass is 150 g/mol. The minimum Gasteiger partial charge on any atom is -0.242 e. The van der Waals surface area contributed by atoms with Crippen molar-refractivity contribution in [2.45, 2.75) is 13.8 Å². The lowest BCUT2D eigenvalue weighted by molar-refractivity contribution is 1.25. The first-order valence-electron chi connectivity index (χ1n) is 3.40. The molecule has 1 rings (SSSR count). The molecule has 0 unspecified atom stereocenters. The molecule has 58 valence electrons. The van der Waals surface area contributed by atoms with Crippen molar-refractivity contribution in [1.29, 1.82) is 0 Å².